The Balaban J connectivity index is 1.81. The Labute approximate surface area is 279 Å². The van der Waals surface area contributed by atoms with Crippen molar-refractivity contribution in [3.63, 3.8) is 0 Å². The van der Waals surface area contributed by atoms with Gasteiger partial charge in [0.15, 0.2) is 0 Å². The van der Waals surface area contributed by atoms with Crippen molar-refractivity contribution >= 4 is 62.3 Å². The summed E-state index contributed by atoms with van der Waals surface area (Å²) in [6, 6.07) is 27.5. The molecule has 0 aliphatic rings. The van der Waals surface area contributed by atoms with E-state index < -0.39 is 28.5 Å². The van der Waals surface area contributed by atoms with Crippen LogP contribution in [0.15, 0.2) is 108 Å². The summed E-state index contributed by atoms with van der Waals surface area (Å²) in [5, 5.41) is 3.79. The number of hydrogen-bond donors (Lipinski definition) is 1. The summed E-state index contributed by atoms with van der Waals surface area (Å²) >= 11 is 19.0. The quantitative estimate of drug-likeness (QED) is 0.140. The standard InChI is InChI=1S/C34H34Cl3N3O4S/c1-2-3-19-38-34(42)32(21-25-11-6-4-7-12-25)39(23-26-13-10-14-27(35)20-26)33(41)24-40(31-18-17-28(36)22-30(31)37)45(43,44)29-15-8-5-9-16-29/h4-18,20,22,32H,2-3,19,21,23-24H2,1H3,(H,38,42)/t32-/m1/s1. The molecular formula is C34H34Cl3N3O4S. The first-order valence-corrected chi connectivity index (χ1v) is 17.1. The zero-order chi connectivity index (χ0) is 32.4. The molecule has 1 N–H and O–H groups in total. The van der Waals surface area contributed by atoms with E-state index in [9.17, 15) is 18.0 Å². The van der Waals surface area contributed by atoms with Crippen LogP contribution in [0.2, 0.25) is 15.1 Å². The second-order valence-corrected chi connectivity index (χ2v) is 13.6. The number of amides is 2. The minimum atomic E-state index is -4.28. The van der Waals surface area contributed by atoms with Crippen molar-refractivity contribution in [2.45, 2.75) is 43.7 Å². The first-order valence-electron chi connectivity index (χ1n) is 14.5. The van der Waals surface area contributed by atoms with Crippen LogP contribution in [0.25, 0.3) is 0 Å². The van der Waals surface area contributed by atoms with Gasteiger partial charge < -0.3 is 10.2 Å². The largest absolute Gasteiger partial charge is 0.354 e. The summed E-state index contributed by atoms with van der Waals surface area (Å²) in [6.45, 7) is 1.83. The molecule has 0 saturated heterocycles. The maximum atomic E-state index is 14.5. The van der Waals surface area contributed by atoms with E-state index in [4.69, 9.17) is 34.8 Å². The second kappa shape index (κ2) is 16.1. The number of nitrogens with zero attached hydrogens (tertiary/aromatic N) is 2. The Morgan fingerprint density at radius 1 is 0.800 bits per heavy atom. The highest BCUT2D eigenvalue weighted by Crippen LogP contribution is 2.33. The summed E-state index contributed by atoms with van der Waals surface area (Å²) in [4.78, 5) is 29.7. The fraction of sp³-hybridized carbons (Fsp3) is 0.235. The monoisotopic (exact) mass is 685 g/mol. The van der Waals surface area contributed by atoms with Crippen molar-refractivity contribution in [1.29, 1.82) is 0 Å². The van der Waals surface area contributed by atoms with Gasteiger partial charge in [0.25, 0.3) is 10.0 Å². The average Bonchev–Trinajstić information content (AvgIpc) is 3.03. The maximum absolute atomic E-state index is 14.5. The molecule has 0 aliphatic carbocycles. The zero-order valence-corrected chi connectivity index (χ0v) is 27.8. The molecule has 4 aromatic rings. The van der Waals surface area contributed by atoms with Gasteiger partial charge in [-0.3, -0.25) is 13.9 Å². The lowest BCUT2D eigenvalue weighted by Crippen LogP contribution is -2.53. The molecule has 11 heteroatoms. The van der Waals surface area contributed by atoms with Gasteiger partial charge >= 0.3 is 0 Å². The molecule has 2 amide bonds. The number of benzene rings is 4. The van der Waals surface area contributed by atoms with E-state index in [1.807, 2.05) is 37.3 Å². The zero-order valence-electron chi connectivity index (χ0n) is 24.7. The molecule has 0 heterocycles. The molecule has 0 unspecified atom stereocenters. The molecule has 0 spiro atoms. The maximum Gasteiger partial charge on any atom is 0.264 e. The number of halogens is 3. The van der Waals surface area contributed by atoms with Crippen LogP contribution in [0.1, 0.15) is 30.9 Å². The fourth-order valence-corrected chi connectivity index (χ4v) is 7.04. The molecule has 4 aromatic carbocycles. The molecule has 0 radical (unpaired) electrons. The van der Waals surface area contributed by atoms with E-state index in [0.29, 0.717) is 22.2 Å². The third-order valence-electron chi connectivity index (χ3n) is 7.13. The first kappa shape index (κ1) is 34.3. The Hall–Kier alpha value is -3.56. The highest BCUT2D eigenvalue weighted by Gasteiger charge is 2.35. The van der Waals surface area contributed by atoms with Gasteiger partial charge in [0.1, 0.15) is 12.6 Å². The van der Waals surface area contributed by atoms with Gasteiger partial charge in [0.05, 0.1) is 15.6 Å². The van der Waals surface area contributed by atoms with Crippen molar-refractivity contribution in [2.24, 2.45) is 0 Å². The van der Waals surface area contributed by atoms with Crippen molar-refractivity contribution in [3.8, 4) is 0 Å². The Morgan fingerprint density at radius 2 is 1.44 bits per heavy atom. The minimum Gasteiger partial charge on any atom is -0.354 e. The van der Waals surface area contributed by atoms with E-state index in [-0.39, 0.29) is 34.5 Å². The van der Waals surface area contributed by atoms with Gasteiger partial charge in [0, 0.05) is 29.6 Å². The molecule has 0 aromatic heterocycles. The molecular weight excluding hydrogens is 653 g/mol. The van der Waals surface area contributed by atoms with Crippen molar-refractivity contribution in [2.75, 3.05) is 17.4 Å². The minimum absolute atomic E-state index is 0.00562. The topological polar surface area (TPSA) is 86.8 Å². The van der Waals surface area contributed by atoms with Crippen LogP contribution in [0.5, 0.6) is 0 Å². The molecule has 7 nitrogen and oxygen atoms in total. The molecule has 0 saturated carbocycles. The number of sulfonamides is 1. The van der Waals surface area contributed by atoms with Crippen LogP contribution in [0, 0.1) is 0 Å². The average molecular weight is 687 g/mol. The molecule has 236 valence electrons. The lowest BCUT2D eigenvalue weighted by atomic mass is 10.0. The number of unbranched alkanes of at least 4 members (excludes halogenated alkanes) is 1. The summed E-state index contributed by atoms with van der Waals surface area (Å²) in [7, 11) is -4.28. The lowest BCUT2D eigenvalue weighted by Gasteiger charge is -2.34. The summed E-state index contributed by atoms with van der Waals surface area (Å²) < 4.78 is 29.1. The third kappa shape index (κ3) is 9.23. The number of carbonyl (C=O) groups is 2. The highest BCUT2D eigenvalue weighted by molar-refractivity contribution is 7.92. The fourth-order valence-electron chi connectivity index (χ4n) is 4.81. The summed E-state index contributed by atoms with van der Waals surface area (Å²) in [6.07, 6.45) is 1.85. The van der Waals surface area contributed by atoms with Gasteiger partial charge in [-0.1, -0.05) is 109 Å². The molecule has 4 rings (SSSR count). The molecule has 45 heavy (non-hydrogen) atoms. The lowest BCUT2D eigenvalue weighted by molar-refractivity contribution is -0.140. The van der Waals surface area contributed by atoms with Gasteiger partial charge in [-0.2, -0.15) is 0 Å². The Bertz CT molecular complexity index is 1710. The van der Waals surface area contributed by atoms with Crippen LogP contribution in [-0.2, 0) is 32.6 Å². The second-order valence-electron chi connectivity index (χ2n) is 10.4. The molecule has 1 atom stereocenters. The van der Waals surface area contributed by atoms with Crippen LogP contribution < -0.4 is 9.62 Å². The van der Waals surface area contributed by atoms with Gasteiger partial charge in [-0.25, -0.2) is 8.42 Å². The van der Waals surface area contributed by atoms with Gasteiger partial charge in [-0.05, 0) is 60.0 Å². The molecule has 0 aliphatic heterocycles. The van der Waals surface area contributed by atoms with E-state index in [0.717, 1.165) is 22.7 Å². The van der Waals surface area contributed by atoms with Crippen molar-refractivity contribution in [3.05, 3.63) is 129 Å². The number of nitrogens with one attached hydrogen (secondary N) is 1. The molecule has 0 fully saturated rings. The predicted octanol–water partition coefficient (Wildman–Crippen LogP) is 7.40. The van der Waals surface area contributed by atoms with E-state index in [1.165, 1.54) is 35.2 Å². The Morgan fingerprint density at radius 3 is 2.09 bits per heavy atom. The highest BCUT2D eigenvalue weighted by atomic mass is 35.5. The first-order chi connectivity index (χ1) is 21.6. The number of carbonyl (C=O) groups excluding carboxylic acids is 2. The van der Waals surface area contributed by atoms with E-state index in [1.54, 1.807) is 42.5 Å². The third-order valence-corrected chi connectivity index (χ3v) is 9.68. The van der Waals surface area contributed by atoms with Crippen molar-refractivity contribution in [1.82, 2.24) is 10.2 Å². The smallest absolute Gasteiger partial charge is 0.264 e. The van der Waals surface area contributed by atoms with Crippen molar-refractivity contribution < 1.29 is 18.0 Å². The summed E-state index contributed by atoms with van der Waals surface area (Å²) in [5.41, 5.74) is 1.59. The number of hydrogen-bond acceptors (Lipinski definition) is 4. The van der Waals surface area contributed by atoms with Crippen LogP contribution in [-0.4, -0.2) is 44.3 Å². The van der Waals surface area contributed by atoms with Crippen LogP contribution in [0.3, 0.4) is 0 Å². The normalized spacial score (nSPS) is 11.9. The number of anilines is 1. The van der Waals surface area contributed by atoms with Gasteiger partial charge in [0.2, 0.25) is 11.8 Å². The van der Waals surface area contributed by atoms with Crippen LogP contribution >= 0.6 is 34.8 Å². The van der Waals surface area contributed by atoms with Gasteiger partial charge in [-0.15, -0.1) is 0 Å². The SMILES string of the molecule is CCCCNC(=O)[C@@H](Cc1ccccc1)N(Cc1cccc(Cl)c1)C(=O)CN(c1ccc(Cl)cc1Cl)S(=O)(=O)c1ccccc1. The number of rotatable bonds is 14. The predicted molar refractivity (Wildman–Crippen MR) is 181 cm³/mol. The molecule has 0 bridgehead atoms. The Kier molecular flexibility index (Phi) is 12.3. The van der Waals surface area contributed by atoms with E-state index >= 15 is 0 Å². The summed E-state index contributed by atoms with van der Waals surface area (Å²) in [5.74, 6) is -0.947. The van der Waals surface area contributed by atoms with Crippen LogP contribution in [0.4, 0.5) is 5.69 Å². The van der Waals surface area contributed by atoms with E-state index in [2.05, 4.69) is 5.32 Å².